The Balaban J connectivity index is 2.22. The average molecular weight is 249 g/mol. The monoisotopic (exact) mass is 248 g/mol. The van der Waals surface area contributed by atoms with E-state index >= 15 is 0 Å². The third-order valence-electron chi connectivity index (χ3n) is 2.53. The Morgan fingerprint density at radius 1 is 1.54 bits per heavy atom. The molecule has 0 heterocycles. The van der Waals surface area contributed by atoms with E-state index in [1.54, 1.807) is 0 Å². The molecule has 3 heteroatoms. The topological polar surface area (TPSA) is 26.3 Å². The van der Waals surface area contributed by atoms with Crippen LogP contribution in [-0.2, 0) is 9.53 Å². The second-order valence-corrected chi connectivity index (χ2v) is 4.52. The lowest BCUT2D eigenvalue weighted by Crippen LogP contribution is -2.21. The second-order valence-electron chi connectivity index (χ2n) is 3.72. The van der Waals surface area contributed by atoms with E-state index in [2.05, 4.69) is 15.9 Å². The maximum absolute atomic E-state index is 11.4. The van der Waals surface area contributed by atoms with Gasteiger partial charge in [-0.2, -0.15) is 0 Å². The predicted molar refractivity (Wildman–Crippen MR) is 55.9 cm³/mol. The zero-order valence-electron chi connectivity index (χ0n) is 8.09. The van der Waals surface area contributed by atoms with E-state index < -0.39 is 0 Å². The number of hydrogen-bond acceptors (Lipinski definition) is 2. The van der Waals surface area contributed by atoms with E-state index in [1.165, 1.54) is 12.8 Å². The highest BCUT2D eigenvalue weighted by molar-refractivity contribution is 9.09. The molecule has 0 aromatic heterocycles. The van der Waals surface area contributed by atoms with Gasteiger partial charge in [-0.05, 0) is 32.1 Å². The lowest BCUT2D eigenvalue weighted by molar-refractivity contribution is -0.153. The quantitative estimate of drug-likeness (QED) is 0.565. The number of hydrogen-bond donors (Lipinski definition) is 0. The van der Waals surface area contributed by atoms with E-state index in [1.807, 2.05) is 6.92 Å². The standard InChI is InChI=1S/C10H17BrO2/c1-8(6-7-11)10(12)13-9-4-2-3-5-9/h8-9H,2-7H2,1H3/t8-/m0/s1. The smallest absolute Gasteiger partial charge is 0.308 e. The van der Waals surface area contributed by atoms with Crippen molar-refractivity contribution < 1.29 is 9.53 Å². The van der Waals surface area contributed by atoms with Gasteiger partial charge in [0.2, 0.25) is 0 Å². The van der Waals surface area contributed by atoms with Crippen LogP contribution in [0.2, 0.25) is 0 Å². The van der Waals surface area contributed by atoms with E-state index in [-0.39, 0.29) is 18.0 Å². The number of alkyl halides is 1. The summed E-state index contributed by atoms with van der Waals surface area (Å²) in [6.07, 6.45) is 5.63. The van der Waals surface area contributed by atoms with E-state index in [0.717, 1.165) is 24.6 Å². The molecule has 1 saturated carbocycles. The minimum absolute atomic E-state index is 0.0219. The molecule has 1 rings (SSSR count). The van der Waals surface area contributed by atoms with Crippen LogP contribution in [0, 0.1) is 5.92 Å². The molecule has 0 amide bonds. The van der Waals surface area contributed by atoms with Crippen molar-refractivity contribution in [3.63, 3.8) is 0 Å². The van der Waals surface area contributed by atoms with Crippen molar-refractivity contribution in [2.24, 2.45) is 5.92 Å². The molecule has 1 atom stereocenters. The van der Waals surface area contributed by atoms with Crippen molar-refractivity contribution in [1.29, 1.82) is 0 Å². The first-order valence-electron chi connectivity index (χ1n) is 5.00. The Morgan fingerprint density at radius 2 is 2.15 bits per heavy atom. The second kappa shape index (κ2) is 5.63. The van der Waals surface area contributed by atoms with Crippen molar-refractivity contribution in [1.82, 2.24) is 0 Å². The summed E-state index contributed by atoms with van der Waals surface area (Å²) in [5.74, 6) is 0.0197. The Labute approximate surface area is 88.2 Å². The van der Waals surface area contributed by atoms with Crippen molar-refractivity contribution >= 4 is 21.9 Å². The molecular formula is C10H17BrO2. The summed E-state index contributed by atoms with van der Waals surface area (Å²) >= 11 is 3.32. The molecule has 0 aromatic rings. The SMILES string of the molecule is C[C@@H](CCBr)C(=O)OC1CCCC1. The molecule has 0 unspecified atom stereocenters. The number of carbonyl (C=O) groups is 1. The lowest BCUT2D eigenvalue weighted by atomic mass is 10.1. The third kappa shape index (κ3) is 3.67. The summed E-state index contributed by atoms with van der Waals surface area (Å²) < 4.78 is 5.37. The van der Waals surface area contributed by atoms with Gasteiger partial charge in [0.1, 0.15) is 6.10 Å². The molecule has 0 N–H and O–H groups in total. The van der Waals surface area contributed by atoms with Crippen molar-refractivity contribution in [2.45, 2.75) is 45.1 Å². The largest absolute Gasteiger partial charge is 0.462 e. The van der Waals surface area contributed by atoms with Gasteiger partial charge in [-0.1, -0.05) is 22.9 Å². The minimum Gasteiger partial charge on any atom is -0.462 e. The molecule has 0 radical (unpaired) electrons. The summed E-state index contributed by atoms with van der Waals surface area (Å²) in [4.78, 5) is 11.4. The van der Waals surface area contributed by atoms with Crippen LogP contribution in [0.3, 0.4) is 0 Å². The highest BCUT2D eigenvalue weighted by Crippen LogP contribution is 2.22. The van der Waals surface area contributed by atoms with Gasteiger partial charge in [-0.25, -0.2) is 0 Å². The van der Waals surface area contributed by atoms with E-state index in [4.69, 9.17) is 4.74 Å². The van der Waals surface area contributed by atoms with Crippen molar-refractivity contribution in [3.8, 4) is 0 Å². The van der Waals surface area contributed by atoms with Gasteiger partial charge >= 0.3 is 5.97 Å². The third-order valence-corrected chi connectivity index (χ3v) is 2.99. The molecule has 0 bridgehead atoms. The predicted octanol–water partition coefficient (Wildman–Crippen LogP) is 2.89. The molecular weight excluding hydrogens is 232 g/mol. The van der Waals surface area contributed by atoms with Gasteiger partial charge < -0.3 is 4.74 Å². The fourth-order valence-electron chi connectivity index (χ4n) is 1.57. The van der Waals surface area contributed by atoms with Crippen LogP contribution in [0.4, 0.5) is 0 Å². The van der Waals surface area contributed by atoms with Crippen LogP contribution >= 0.6 is 15.9 Å². The molecule has 0 aromatic carbocycles. The van der Waals surface area contributed by atoms with Gasteiger partial charge in [0.25, 0.3) is 0 Å². The number of ether oxygens (including phenoxy) is 1. The molecule has 0 spiro atoms. The van der Waals surface area contributed by atoms with Crippen LogP contribution in [0.5, 0.6) is 0 Å². The number of rotatable bonds is 4. The molecule has 1 aliphatic rings. The zero-order valence-corrected chi connectivity index (χ0v) is 9.68. The molecule has 1 aliphatic carbocycles. The Hall–Kier alpha value is -0.0500. The normalized spacial score (nSPS) is 20.2. The maximum Gasteiger partial charge on any atom is 0.308 e. The number of carbonyl (C=O) groups excluding carboxylic acids is 1. The Morgan fingerprint density at radius 3 is 2.69 bits per heavy atom. The van der Waals surface area contributed by atoms with E-state index in [9.17, 15) is 4.79 Å². The highest BCUT2D eigenvalue weighted by Gasteiger charge is 2.22. The van der Waals surface area contributed by atoms with Crippen molar-refractivity contribution in [2.75, 3.05) is 5.33 Å². The zero-order chi connectivity index (χ0) is 9.68. The number of esters is 1. The number of halogens is 1. The van der Waals surface area contributed by atoms with Crippen LogP contribution in [0.25, 0.3) is 0 Å². The first kappa shape index (κ1) is 11.0. The Bertz CT molecular complexity index is 164. The molecule has 1 fully saturated rings. The summed E-state index contributed by atoms with van der Waals surface area (Å²) in [6, 6.07) is 0. The summed E-state index contributed by atoms with van der Waals surface area (Å²) in [5, 5.41) is 0.869. The fourth-order valence-corrected chi connectivity index (χ4v) is 2.25. The van der Waals surface area contributed by atoms with Gasteiger partial charge in [0.05, 0.1) is 5.92 Å². The molecule has 13 heavy (non-hydrogen) atoms. The average Bonchev–Trinajstić information content (AvgIpc) is 2.57. The molecule has 2 nitrogen and oxygen atoms in total. The fraction of sp³-hybridized carbons (Fsp3) is 0.900. The highest BCUT2D eigenvalue weighted by atomic mass is 79.9. The molecule has 0 aliphatic heterocycles. The van der Waals surface area contributed by atoms with E-state index in [0.29, 0.717) is 0 Å². The first-order valence-corrected chi connectivity index (χ1v) is 6.12. The summed E-state index contributed by atoms with van der Waals surface area (Å²) in [5.41, 5.74) is 0. The lowest BCUT2D eigenvalue weighted by Gasteiger charge is -2.14. The van der Waals surface area contributed by atoms with Crippen LogP contribution in [0.15, 0.2) is 0 Å². The first-order chi connectivity index (χ1) is 6.24. The van der Waals surface area contributed by atoms with Crippen LogP contribution in [-0.4, -0.2) is 17.4 Å². The summed E-state index contributed by atoms with van der Waals surface area (Å²) in [6.45, 7) is 1.93. The maximum atomic E-state index is 11.4. The van der Waals surface area contributed by atoms with Gasteiger partial charge in [0.15, 0.2) is 0 Å². The van der Waals surface area contributed by atoms with Gasteiger partial charge in [0, 0.05) is 5.33 Å². The molecule has 76 valence electrons. The minimum atomic E-state index is -0.0219. The van der Waals surface area contributed by atoms with Gasteiger partial charge in [-0.15, -0.1) is 0 Å². The van der Waals surface area contributed by atoms with Crippen LogP contribution in [0.1, 0.15) is 39.0 Å². The van der Waals surface area contributed by atoms with Crippen molar-refractivity contribution in [3.05, 3.63) is 0 Å². The Kier molecular flexibility index (Phi) is 4.78. The van der Waals surface area contributed by atoms with Gasteiger partial charge in [-0.3, -0.25) is 4.79 Å². The summed E-state index contributed by atoms with van der Waals surface area (Å²) in [7, 11) is 0. The molecule has 0 saturated heterocycles. The van der Waals surface area contributed by atoms with Crippen LogP contribution < -0.4 is 0 Å².